The lowest BCUT2D eigenvalue weighted by Gasteiger charge is -2.31. The Balaban J connectivity index is 1.65. The molecule has 4 nitrogen and oxygen atoms in total. The van der Waals surface area contributed by atoms with Crippen LogP contribution in [0, 0.1) is 0 Å². The molecule has 0 spiro atoms. The molecule has 0 saturated carbocycles. The molecule has 1 heterocycles. The normalized spacial score (nSPS) is 15.0. The zero-order valence-corrected chi connectivity index (χ0v) is 14.1. The number of nitrogens with one attached hydrogen (secondary N) is 1. The molecule has 24 heavy (non-hydrogen) atoms. The van der Waals surface area contributed by atoms with Crippen LogP contribution in [0.25, 0.3) is 11.1 Å². The number of piperidine rings is 1. The van der Waals surface area contributed by atoms with E-state index in [0.717, 1.165) is 42.8 Å². The molecular formula is C20H24N2O2. The maximum atomic E-state index is 12.4. The molecule has 1 aliphatic rings. The number of nitrogens with zero attached hydrogens (tertiary/aromatic N) is 1. The van der Waals surface area contributed by atoms with Crippen molar-refractivity contribution in [2.75, 3.05) is 26.7 Å². The molecule has 0 bridgehead atoms. The van der Waals surface area contributed by atoms with E-state index in [-0.39, 0.29) is 12.5 Å². The summed E-state index contributed by atoms with van der Waals surface area (Å²) in [6.45, 7) is 2.02. The van der Waals surface area contributed by atoms with Crippen LogP contribution in [0.4, 0.5) is 0 Å². The highest BCUT2D eigenvalue weighted by molar-refractivity contribution is 5.78. The maximum absolute atomic E-state index is 12.4. The van der Waals surface area contributed by atoms with Gasteiger partial charge in [0.1, 0.15) is 5.75 Å². The second-order valence-corrected chi connectivity index (χ2v) is 6.14. The van der Waals surface area contributed by atoms with Gasteiger partial charge in [0.2, 0.25) is 0 Å². The monoisotopic (exact) mass is 324 g/mol. The number of carbonyl (C=O) groups is 1. The van der Waals surface area contributed by atoms with E-state index in [4.69, 9.17) is 4.74 Å². The van der Waals surface area contributed by atoms with Gasteiger partial charge in [0.05, 0.1) is 0 Å². The summed E-state index contributed by atoms with van der Waals surface area (Å²) in [5.41, 5.74) is 2.10. The van der Waals surface area contributed by atoms with Gasteiger partial charge in [-0.3, -0.25) is 4.79 Å². The van der Waals surface area contributed by atoms with Gasteiger partial charge in [-0.15, -0.1) is 0 Å². The lowest BCUT2D eigenvalue weighted by molar-refractivity contribution is -0.134. The average Bonchev–Trinajstić information content (AvgIpc) is 2.67. The van der Waals surface area contributed by atoms with Crippen molar-refractivity contribution in [2.45, 2.75) is 18.9 Å². The number of likely N-dealkylation sites (N-methyl/N-ethyl adjacent to an activating group) is 1. The largest absolute Gasteiger partial charge is 0.483 e. The zero-order chi connectivity index (χ0) is 16.8. The fraction of sp³-hybridized carbons (Fsp3) is 0.350. The van der Waals surface area contributed by atoms with Crippen LogP contribution in [-0.2, 0) is 4.79 Å². The van der Waals surface area contributed by atoms with Crippen LogP contribution < -0.4 is 10.1 Å². The number of hydrogen-bond donors (Lipinski definition) is 1. The molecule has 1 amide bonds. The molecular weight excluding hydrogens is 300 g/mol. The smallest absolute Gasteiger partial charge is 0.260 e. The number of benzene rings is 2. The van der Waals surface area contributed by atoms with E-state index in [2.05, 4.69) is 5.32 Å². The molecule has 0 radical (unpaired) electrons. The Hall–Kier alpha value is -2.33. The molecule has 2 aromatic rings. The minimum Gasteiger partial charge on any atom is -0.483 e. The van der Waals surface area contributed by atoms with Crippen LogP contribution in [0.2, 0.25) is 0 Å². The summed E-state index contributed by atoms with van der Waals surface area (Å²) in [6, 6.07) is 18.3. The van der Waals surface area contributed by atoms with E-state index >= 15 is 0 Å². The third-order valence-electron chi connectivity index (χ3n) is 4.57. The second kappa shape index (κ2) is 7.97. The van der Waals surface area contributed by atoms with Gasteiger partial charge in [0.15, 0.2) is 6.61 Å². The minimum absolute atomic E-state index is 0.0322. The Morgan fingerprint density at radius 2 is 1.75 bits per heavy atom. The Labute approximate surface area is 143 Å². The number of amides is 1. The van der Waals surface area contributed by atoms with Crippen LogP contribution in [0.5, 0.6) is 5.75 Å². The third kappa shape index (κ3) is 3.95. The molecule has 1 aliphatic heterocycles. The number of carbonyl (C=O) groups excluding carboxylic acids is 1. The predicted octanol–water partition coefficient (Wildman–Crippen LogP) is 2.94. The summed E-state index contributed by atoms with van der Waals surface area (Å²) in [7, 11) is 1.88. The van der Waals surface area contributed by atoms with E-state index in [1.54, 1.807) is 0 Å². The molecule has 1 fully saturated rings. The molecule has 1 N–H and O–H groups in total. The fourth-order valence-corrected chi connectivity index (χ4v) is 3.09. The number of hydrogen-bond acceptors (Lipinski definition) is 3. The Morgan fingerprint density at radius 1 is 1.08 bits per heavy atom. The summed E-state index contributed by atoms with van der Waals surface area (Å²) >= 11 is 0. The topological polar surface area (TPSA) is 41.6 Å². The lowest BCUT2D eigenvalue weighted by atomic mass is 10.0. The molecule has 0 aliphatic carbocycles. The van der Waals surface area contributed by atoms with Gasteiger partial charge >= 0.3 is 0 Å². The van der Waals surface area contributed by atoms with Gasteiger partial charge in [-0.1, -0.05) is 48.5 Å². The van der Waals surface area contributed by atoms with Gasteiger partial charge < -0.3 is 15.0 Å². The molecule has 2 aromatic carbocycles. The fourth-order valence-electron chi connectivity index (χ4n) is 3.09. The second-order valence-electron chi connectivity index (χ2n) is 6.14. The minimum atomic E-state index is 0.0322. The van der Waals surface area contributed by atoms with E-state index in [1.807, 2.05) is 66.5 Å². The van der Waals surface area contributed by atoms with Gasteiger partial charge in [-0.05, 0) is 37.6 Å². The summed E-state index contributed by atoms with van der Waals surface area (Å²) in [6.07, 6.45) is 2.01. The van der Waals surface area contributed by atoms with Crippen LogP contribution in [0.3, 0.4) is 0 Å². The van der Waals surface area contributed by atoms with Crippen molar-refractivity contribution in [3.63, 3.8) is 0 Å². The highest BCUT2D eigenvalue weighted by Gasteiger charge is 2.22. The molecule has 0 atom stereocenters. The van der Waals surface area contributed by atoms with Crippen molar-refractivity contribution in [3.8, 4) is 16.9 Å². The first-order valence-corrected chi connectivity index (χ1v) is 8.49. The highest BCUT2D eigenvalue weighted by Crippen LogP contribution is 2.29. The van der Waals surface area contributed by atoms with E-state index < -0.39 is 0 Å². The summed E-state index contributed by atoms with van der Waals surface area (Å²) in [4.78, 5) is 14.3. The number of ether oxygens (including phenoxy) is 1. The van der Waals surface area contributed by atoms with Crippen molar-refractivity contribution in [3.05, 3.63) is 54.6 Å². The molecule has 4 heteroatoms. The third-order valence-corrected chi connectivity index (χ3v) is 4.57. The van der Waals surface area contributed by atoms with Gasteiger partial charge in [0, 0.05) is 18.7 Å². The van der Waals surface area contributed by atoms with Crippen molar-refractivity contribution in [1.29, 1.82) is 0 Å². The lowest BCUT2D eigenvalue weighted by Crippen LogP contribution is -2.45. The predicted molar refractivity (Wildman–Crippen MR) is 96.0 cm³/mol. The van der Waals surface area contributed by atoms with Gasteiger partial charge in [-0.25, -0.2) is 0 Å². The van der Waals surface area contributed by atoms with E-state index in [0.29, 0.717) is 6.04 Å². The standard InChI is InChI=1S/C20H24N2O2/c1-22(17-11-13-21-14-12-17)20(23)15-24-19-10-6-5-9-18(19)16-7-3-2-4-8-16/h2-10,17,21H,11-15H2,1H3. The first-order valence-electron chi connectivity index (χ1n) is 8.49. The van der Waals surface area contributed by atoms with Crippen LogP contribution in [-0.4, -0.2) is 43.6 Å². The van der Waals surface area contributed by atoms with Crippen LogP contribution >= 0.6 is 0 Å². The molecule has 126 valence electrons. The van der Waals surface area contributed by atoms with Crippen molar-refractivity contribution >= 4 is 5.91 Å². The van der Waals surface area contributed by atoms with Crippen molar-refractivity contribution in [2.24, 2.45) is 0 Å². The number of para-hydroxylation sites is 1. The average molecular weight is 324 g/mol. The first-order chi connectivity index (χ1) is 11.8. The zero-order valence-electron chi connectivity index (χ0n) is 14.1. The summed E-state index contributed by atoms with van der Waals surface area (Å²) in [5, 5.41) is 3.32. The molecule has 0 unspecified atom stereocenters. The molecule has 0 aromatic heterocycles. The summed E-state index contributed by atoms with van der Waals surface area (Å²) < 4.78 is 5.86. The first kappa shape index (κ1) is 16.5. The Kier molecular flexibility index (Phi) is 5.49. The van der Waals surface area contributed by atoms with E-state index in [1.165, 1.54) is 0 Å². The SMILES string of the molecule is CN(C(=O)COc1ccccc1-c1ccccc1)C1CCNCC1. The number of rotatable bonds is 5. The quantitative estimate of drug-likeness (QED) is 0.919. The van der Waals surface area contributed by atoms with Crippen LogP contribution in [0.1, 0.15) is 12.8 Å². The molecule has 1 saturated heterocycles. The van der Waals surface area contributed by atoms with Crippen molar-refractivity contribution < 1.29 is 9.53 Å². The van der Waals surface area contributed by atoms with Crippen molar-refractivity contribution in [1.82, 2.24) is 10.2 Å². The maximum Gasteiger partial charge on any atom is 0.260 e. The van der Waals surface area contributed by atoms with E-state index in [9.17, 15) is 4.79 Å². The summed E-state index contributed by atoms with van der Waals surface area (Å²) in [5.74, 6) is 0.778. The van der Waals surface area contributed by atoms with Crippen LogP contribution in [0.15, 0.2) is 54.6 Å². The van der Waals surface area contributed by atoms with Gasteiger partial charge in [0.25, 0.3) is 5.91 Å². The Bertz CT molecular complexity index is 666. The van der Waals surface area contributed by atoms with Gasteiger partial charge in [-0.2, -0.15) is 0 Å². The molecule has 3 rings (SSSR count). The Morgan fingerprint density at radius 3 is 2.50 bits per heavy atom. The highest BCUT2D eigenvalue weighted by atomic mass is 16.5.